The number of thioether (sulfide) groups is 1. The van der Waals surface area contributed by atoms with Crippen LogP contribution >= 0.6 is 11.8 Å². The summed E-state index contributed by atoms with van der Waals surface area (Å²) in [7, 11) is 0. The molecule has 7 rings (SSSR count). The Hall–Kier alpha value is -3.05. The summed E-state index contributed by atoms with van der Waals surface area (Å²) in [4.78, 5) is 33.5. The van der Waals surface area contributed by atoms with Crippen molar-refractivity contribution in [3.8, 4) is 5.75 Å². The van der Waals surface area contributed by atoms with Crippen LogP contribution in [0.5, 0.6) is 5.75 Å². The molecule has 45 heavy (non-hydrogen) atoms. The summed E-state index contributed by atoms with van der Waals surface area (Å²) < 4.78 is 33.4. The third kappa shape index (κ3) is 4.18. The molecule has 4 aliphatic carbocycles. The molecule has 238 valence electrons. The maximum atomic E-state index is 17.6. The van der Waals surface area contributed by atoms with Crippen molar-refractivity contribution in [2.75, 3.05) is 18.2 Å². The van der Waals surface area contributed by atoms with E-state index in [2.05, 4.69) is 0 Å². The van der Waals surface area contributed by atoms with Crippen LogP contribution in [0.15, 0.2) is 77.2 Å². The lowest BCUT2D eigenvalue weighted by Crippen LogP contribution is -2.70. The zero-order valence-corrected chi connectivity index (χ0v) is 26.0. The Morgan fingerprint density at radius 1 is 1.09 bits per heavy atom. The number of ketones is 2. The van der Waals surface area contributed by atoms with Crippen molar-refractivity contribution >= 4 is 29.0 Å². The molecule has 7 nitrogen and oxygen atoms in total. The Labute approximate surface area is 264 Å². The largest absolute Gasteiger partial charge is 0.508 e. The van der Waals surface area contributed by atoms with E-state index in [9.17, 15) is 24.9 Å². The lowest BCUT2D eigenvalue weighted by atomic mass is 9.44. The highest BCUT2D eigenvalue weighted by atomic mass is 32.2. The topological polar surface area (TPSA) is 107 Å². The number of phenolic OH excluding ortho intramolecular Hbond substituents is 1. The van der Waals surface area contributed by atoms with E-state index >= 15 is 8.78 Å². The van der Waals surface area contributed by atoms with Gasteiger partial charge in [-0.3, -0.25) is 19.5 Å². The summed E-state index contributed by atoms with van der Waals surface area (Å²) in [6, 6.07) is 14.8. The van der Waals surface area contributed by atoms with Crippen molar-refractivity contribution in [1.29, 1.82) is 0 Å². The molecule has 0 aromatic heterocycles. The Kier molecular flexibility index (Phi) is 7.13. The number of hydrogen-bond acceptors (Lipinski definition) is 8. The zero-order valence-electron chi connectivity index (χ0n) is 25.2. The lowest BCUT2D eigenvalue weighted by molar-refractivity contribution is -0.228. The molecule has 0 amide bonds. The molecule has 0 spiro atoms. The number of nitrogens with zero attached hydrogens (tertiary/aromatic N) is 1. The number of aliphatic hydroxyl groups is 2. The Bertz CT molecular complexity index is 1600. The second-order valence-electron chi connectivity index (χ2n) is 13.7. The van der Waals surface area contributed by atoms with Crippen LogP contribution in [-0.4, -0.2) is 63.6 Å². The molecular formula is C35H37F2NO6S. The number of alkyl halides is 2. The predicted octanol–water partition coefficient (Wildman–Crippen LogP) is 5.28. The van der Waals surface area contributed by atoms with Gasteiger partial charge in [0.15, 0.2) is 22.8 Å². The minimum atomic E-state index is -2.25. The number of phenols is 1. The first-order valence-electron chi connectivity index (χ1n) is 15.5. The highest BCUT2D eigenvalue weighted by molar-refractivity contribution is 7.98. The van der Waals surface area contributed by atoms with Gasteiger partial charge in [-0.15, -0.1) is 11.8 Å². The minimum absolute atomic E-state index is 0.0584. The fourth-order valence-electron chi connectivity index (χ4n) is 9.49. The van der Waals surface area contributed by atoms with Crippen LogP contribution in [-0.2, 0) is 20.2 Å². The number of hydrogen-bond donors (Lipinski definition) is 3. The first kappa shape index (κ1) is 30.6. The third-order valence-corrected chi connectivity index (χ3v) is 12.7. The summed E-state index contributed by atoms with van der Waals surface area (Å²) >= 11 is 1.63. The van der Waals surface area contributed by atoms with Crippen molar-refractivity contribution < 1.29 is 38.5 Å². The Balaban J connectivity index is 1.17. The monoisotopic (exact) mass is 637 g/mol. The van der Waals surface area contributed by atoms with Crippen molar-refractivity contribution in [1.82, 2.24) is 0 Å². The first-order chi connectivity index (χ1) is 21.4. The SMILES string of the molecule is C[C@]12C=CC(=O)C=C1[C@@H](F)C[C@H]1[C@@H]3C[C@H]4CN(c5ccc(CSc6ccc(O)cc6)cc5)O[C@@]4(C(=O)CO)[C@@]3(C)C[C@H](O)[C@@]12F. The second kappa shape index (κ2) is 10.5. The molecule has 9 atom stereocenters. The summed E-state index contributed by atoms with van der Waals surface area (Å²) in [5, 5.41) is 33.1. The number of allylic oxidation sites excluding steroid dienone is 4. The van der Waals surface area contributed by atoms with Gasteiger partial charge in [0, 0.05) is 33.3 Å². The first-order valence-corrected chi connectivity index (χ1v) is 16.4. The van der Waals surface area contributed by atoms with Gasteiger partial charge in [-0.2, -0.15) is 0 Å². The Morgan fingerprint density at radius 2 is 1.80 bits per heavy atom. The molecule has 0 bridgehead atoms. The molecule has 0 radical (unpaired) electrons. The fourth-order valence-corrected chi connectivity index (χ4v) is 10.3. The summed E-state index contributed by atoms with van der Waals surface area (Å²) in [6.07, 6.45) is 0.738. The van der Waals surface area contributed by atoms with Gasteiger partial charge in [0.05, 0.1) is 18.3 Å². The van der Waals surface area contributed by atoms with E-state index < -0.39 is 70.3 Å². The molecule has 4 fully saturated rings. The average molecular weight is 638 g/mol. The number of aliphatic hydroxyl groups excluding tert-OH is 2. The molecule has 0 unspecified atom stereocenters. The maximum absolute atomic E-state index is 17.6. The number of Topliss-reactive ketones (excluding diaryl/α,β-unsaturated/α-hetero) is 1. The van der Waals surface area contributed by atoms with Gasteiger partial charge < -0.3 is 15.3 Å². The molecule has 5 aliphatic rings. The molecule has 1 aliphatic heterocycles. The van der Waals surface area contributed by atoms with Gasteiger partial charge in [-0.1, -0.05) is 25.1 Å². The van der Waals surface area contributed by atoms with Crippen LogP contribution < -0.4 is 5.06 Å². The fraction of sp³-hybridized carbons (Fsp3) is 0.486. The number of halogens is 2. The van der Waals surface area contributed by atoms with Crippen LogP contribution in [0.2, 0.25) is 0 Å². The number of anilines is 1. The lowest BCUT2D eigenvalue weighted by Gasteiger charge is -2.63. The number of carbonyl (C=O) groups excluding carboxylic acids is 2. The van der Waals surface area contributed by atoms with Gasteiger partial charge in [0.1, 0.15) is 18.5 Å². The number of carbonyl (C=O) groups is 2. The van der Waals surface area contributed by atoms with E-state index in [1.165, 1.54) is 18.2 Å². The molecule has 2 aromatic rings. The van der Waals surface area contributed by atoms with E-state index in [-0.39, 0.29) is 24.2 Å². The molecular weight excluding hydrogens is 600 g/mol. The van der Waals surface area contributed by atoms with E-state index in [0.717, 1.165) is 16.1 Å². The molecule has 10 heteroatoms. The average Bonchev–Trinajstić information content (AvgIpc) is 3.52. The third-order valence-electron chi connectivity index (χ3n) is 11.6. The van der Waals surface area contributed by atoms with E-state index in [0.29, 0.717) is 18.7 Å². The predicted molar refractivity (Wildman–Crippen MR) is 165 cm³/mol. The van der Waals surface area contributed by atoms with Crippen LogP contribution in [0.25, 0.3) is 0 Å². The van der Waals surface area contributed by atoms with Crippen molar-refractivity contribution in [3.63, 3.8) is 0 Å². The number of rotatable bonds is 6. The summed E-state index contributed by atoms with van der Waals surface area (Å²) in [6.45, 7) is 2.92. The van der Waals surface area contributed by atoms with Crippen molar-refractivity contribution in [2.45, 2.75) is 67.3 Å². The highest BCUT2D eigenvalue weighted by Gasteiger charge is 2.79. The molecule has 1 saturated heterocycles. The minimum Gasteiger partial charge on any atom is -0.508 e. The Morgan fingerprint density at radius 3 is 2.49 bits per heavy atom. The number of fused-ring (bicyclic) bond motifs is 7. The van der Waals surface area contributed by atoms with Gasteiger partial charge >= 0.3 is 0 Å². The number of benzene rings is 2. The normalized spacial score (nSPS) is 40.0. The zero-order chi connectivity index (χ0) is 31.9. The van der Waals surface area contributed by atoms with Crippen LogP contribution in [0.1, 0.15) is 38.7 Å². The van der Waals surface area contributed by atoms with Crippen molar-refractivity contribution in [2.24, 2.45) is 28.6 Å². The highest BCUT2D eigenvalue weighted by Crippen LogP contribution is 2.72. The van der Waals surface area contributed by atoms with Gasteiger partial charge in [-0.05, 0) is 91.8 Å². The second-order valence-corrected chi connectivity index (χ2v) is 14.8. The van der Waals surface area contributed by atoms with Crippen LogP contribution in [0.3, 0.4) is 0 Å². The van der Waals surface area contributed by atoms with E-state index in [1.807, 2.05) is 43.3 Å². The standard InChI is InChI=1S/C35H37F2NO6S/c1-32-12-11-24(41)14-28(32)29(36)15-27-26-13-21-17-38(22-5-3-20(4-6-22)19-45-25-9-7-23(40)8-10-25)44-35(21,31(43)18-39)33(26,2)16-30(42)34(27,32)37/h3-12,14,21,26-27,29-30,39-40,42H,13,15-19H2,1-2H3/t21-,26-,27-,29-,30-,32-,33-,34-,35-/m0/s1. The summed E-state index contributed by atoms with van der Waals surface area (Å²) in [5.74, 6) is -1.86. The maximum Gasteiger partial charge on any atom is 0.193 e. The van der Waals surface area contributed by atoms with Gasteiger partial charge in [0.25, 0.3) is 0 Å². The number of hydroxylamine groups is 1. The molecule has 3 saturated carbocycles. The van der Waals surface area contributed by atoms with E-state index in [1.54, 1.807) is 35.9 Å². The summed E-state index contributed by atoms with van der Waals surface area (Å²) in [5.41, 5.74) is -4.52. The van der Waals surface area contributed by atoms with Crippen molar-refractivity contribution in [3.05, 3.63) is 77.9 Å². The molecule has 3 N–H and O–H groups in total. The van der Waals surface area contributed by atoms with E-state index in [4.69, 9.17) is 4.84 Å². The van der Waals surface area contributed by atoms with Crippen LogP contribution in [0.4, 0.5) is 14.5 Å². The molecule has 1 heterocycles. The van der Waals surface area contributed by atoms with Gasteiger partial charge in [0.2, 0.25) is 0 Å². The van der Waals surface area contributed by atoms with Gasteiger partial charge in [-0.25, -0.2) is 8.78 Å². The number of aromatic hydroxyl groups is 1. The van der Waals surface area contributed by atoms with Crippen LogP contribution in [0, 0.1) is 28.6 Å². The smallest absolute Gasteiger partial charge is 0.193 e. The quantitative estimate of drug-likeness (QED) is 0.368. The molecule has 2 aromatic carbocycles.